The van der Waals surface area contributed by atoms with Crippen molar-refractivity contribution in [3.05, 3.63) is 96.6 Å². The summed E-state index contributed by atoms with van der Waals surface area (Å²) in [5, 5.41) is 49.7. The van der Waals surface area contributed by atoms with Gasteiger partial charge in [0.1, 0.15) is 69.0 Å². The van der Waals surface area contributed by atoms with Crippen LogP contribution in [0.1, 0.15) is 5.56 Å². The molecule has 72 heavy (non-hydrogen) atoms. The molecule has 1 unspecified atom stereocenters. The van der Waals surface area contributed by atoms with E-state index in [-0.39, 0.29) is 145 Å². The summed E-state index contributed by atoms with van der Waals surface area (Å²) >= 11 is 0. The van der Waals surface area contributed by atoms with Gasteiger partial charge in [0.25, 0.3) is 5.91 Å². The molecule has 1 atom stereocenters. The Balaban J connectivity index is 0.00000355. The van der Waals surface area contributed by atoms with E-state index in [1.807, 2.05) is 0 Å². The Kier molecular flexibility index (Phi) is 21.4. The van der Waals surface area contributed by atoms with Crippen molar-refractivity contribution in [1.82, 2.24) is 0 Å². The molecule has 0 saturated carbocycles. The molecule has 0 bridgehead atoms. The van der Waals surface area contributed by atoms with Gasteiger partial charge < -0.3 is 38.0 Å². The maximum atomic E-state index is 13.2. The molecule has 0 saturated heterocycles. The molecule has 1 amide bonds. The summed E-state index contributed by atoms with van der Waals surface area (Å²) in [5.41, 5.74) is -2.42. The Morgan fingerprint density at radius 3 is 1.82 bits per heavy atom. The van der Waals surface area contributed by atoms with Gasteiger partial charge in [-0.2, -0.15) is 25.5 Å². The Morgan fingerprint density at radius 1 is 0.653 bits per heavy atom. The fraction of sp³-hybridized carbons (Fsp3) is 0.0789. The number of carbonyl (C=O) groups excluding carboxylic acids is 2. The maximum Gasteiger partial charge on any atom is 1.00 e. The number of benzene rings is 6. The third-order valence-corrected chi connectivity index (χ3v) is 13.1. The molecule has 25 nitrogen and oxygen atoms in total. The molecule has 1 aliphatic heterocycles. The van der Waals surface area contributed by atoms with Gasteiger partial charge in [0, 0.05) is 22.2 Å². The van der Waals surface area contributed by atoms with Gasteiger partial charge in [-0.1, -0.05) is 18.2 Å². The molecular formula is C38H23Li5N8O17S4. The summed E-state index contributed by atoms with van der Waals surface area (Å²) in [6.07, 6.45) is 0. The Bertz CT molecular complexity index is 3740. The Hall–Kier alpha value is -4.52. The second-order valence-corrected chi connectivity index (χ2v) is 19.2. The zero-order valence-electron chi connectivity index (χ0n) is 38.4. The van der Waals surface area contributed by atoms with Crippen molar-refractivity contribution < 1.29 is 171 Å². The number of amides is 1. The first-order valence-electron chi connectivity index (χ1n) is 18.1. The van der Waals surface area contributed by atoms with Gasteiger partial charge in [0.2, 0.25) is 0 Å². The molecule has 0 radical (unpaired) electrons. The second-order valence-electron chi connectivity index (χ2n) is 13.8. The summed E-state index contributed by atoms with van der Waals surface area (Å²) in [6.45, 7) is 1.47. The number of fused-ring (bicyclic) bond motifs is 2. The van der Waals surface area contributed by atoms with Crippen LogP contribution in [0.25, 0.3) is 21.5 Å². The van der Waals surface area contributed by atoms with Gasteiger partial charge in [-0.25, -0.2) is 33.7 Å². The van der Waals surface area contributed by atoms with Crippen LogP contribution in [-0.2, 0) is 50.1 Å². The minimum Gasteiger partial charge on any atom is -0.744 e. The van der Waals surface area contributed by atoms with E-state index >= 15 is 0 Å². The van der Waals surface area contributed by atoms with Gasteiger partial charge in [0.15, 0.2) is 11.8 Å². The number of aromatic hydroxyl groups is 1. The minimum atomic E-state index is -5.44. The van der Waals surface area contributed by atoms with Crippen molar-refractivity contribution in [3.63, 3.8) is 0 Å². The van der Waals surface area contributed by atoms with Crippen molar-refractivity contribution in [3.8, 4) is 11.5 Å². The SMILES string of the molecule is COc1cc(N=Nc2ccc3c(S(=O)(=O)[O-])cccc3c2S(=O)(=O)[O-])c(C)cc1N=Nc1c(S(=O)(=O)[O-])cc2cc(N=NC3C(=O)N(c4ccc(S(=O)(=O)[O-])cc4)N=C3C(=O)[O-])ccc2c1O.[Li+].[Li+].[Li+].[Li+].[Li+]. The van der Waals surface area contributed by atoms with E-state index in [2.05, 4.69) is 35.8 Å². The van der Waals surface area contributed by atoms with E-state index in [0.29, 0.717) is 5.01 Å². The minimum absolute atomic E-state index is 0. The number of carboxylic acids is 1. The number of phenolic OH excluding ortho intramolecular Hbond substituents is 1. The monoisotopic (exact) mass is 1030 g/mol. The number of rotatable bonds is 13. The van der Waals surface area contributed by atoms with Crippen LogP contribution >= 0.6 is 0 Å². The molecule has 6 aromatic rings. The first-order valence-corrected chi connectivity index (χ1v) is 23.8. The van der Waals surface area contributed by atoms with Crippen molar-refractivity contribution in [2.75, 3.05) is 12.1 Å². The molecule has 1 aliphatic rings. The molecule has 7 rings (SSSR count). The van der Waals surface area contributed by atoms with E-state index in [1.165, 1.54) is 38.3 Å². The van der Waals surface area contributed by atoms with Gasteiger partial charge >= 0.3 is 94.3 Å². The largest absolute Gasteiger partial charge is 1.00 e. The van der Waals surface area contributed by atoms with Crippen LogP contribution in [0.2, 0.25) is 0 Å². The fourth-order valence-electron chi connectivity index (χ4n) is 6.53. The number of aliphatic carboxylic acids is 1. The number of hydrazone groups is 1. The number of carbonyl (C=O) groups is 2. The second kappa shape index (κ2) is 24.2. The number of aryl methyl sites for hydroxylation is 1. The number of anilines is 1. The van der Waals surface area contributed by atoms with Crippen LogP contribution in [-0.4, -0.2) is 87.7 Å². The van der Waals surface area contributed by atoms with Crippen LogP contribution < -0.4 is 109 Å². The zero-order valence-corrected chi connectivity index (χ0v) is 41.7. The third kappa shape index (κ3) is 13.4. The Labute approximate surface area is 468 Å². The summed E-state index contributed by atoms with van der Waals surface area (Å²) in [4.78, 5) is 21.6. The summed E-state index contributed by atoms with van der Waals surface area (Å²) in [7, 11) is -19.5. The van der Waals surface area contributed by atoms with Crippen molar-refractivity contribution >= 4 is 114 Å². The average Bonchev–Trinajstić information content (AvgIpc) is 3.58. The predicted molar refractivity (Wildman–Crippen MR) is 222 cm³/mol. The first-order chi connectivity index (χ1) is 31.3. The van der Waals surface area contributed by atoms with E-state index in [9.17, 15) is 71.7 Å². The van der Waals surface area contributed by atoms with Gasteiger partial charge in [0.05, 0.1) is 49.7 Å². The number of phenols is 1. The van der Waals surface area contributed by atoms with Gasteiger partial charge in [-0.3, -0.25) is 4.79 Å². The molecule has 1 N–H and O–H groups in total. The number of azo groups is 3. The fourth-order valence-corrected chi connectivity index (χ4v) is 9.15. The van der Waals surface area contributed by atoms with Crippen LogP contribution in [0.4, 0.5) is 34.1 Å². The number of hydrogen-bond donors (Lipinski definition) is 1. The van der Waals surface area contributed by atoms with Crippen LogP contribution in [0, 0.1) is 6.92 Å². The molecule has 0 aliphatic carbocycles. The topological polar surface area (TPSA) is 405 Å². The molecule has 0 spiro atoms. The molecule has 346 valence electrons. The normalized spacial score (nSPS) is 14.1. The average molecular weight is 1030 g/mol. The van der Waals surface area contributed by atoms with E-state index < -0.39 is 106 Å². The van der Waals surface area contributed by atoms with Gasteiger partial charge in [-0.15, -0.1) is 15.3 Å². The number of carboxylic acid groups (broad SMARTS) is 1. The molecule has 0 fully saturated rings. The van der Waals surface area contributed by atoms with Gasteiger partial charge in [-0.05, 0) is 84.6 Å². The maximum absolute atomic E-state index is 13.2. The van der Waals surface area contributed by atoms with Crippen molar-refractivity contribution in [2.24, 2.45) is 35.8 Å². The number of hydrogen-bond acceptors (Lipinski definition) is 24. The van der Waals surface area contributed by atoms with Crippen LogP contribution in [0.3, 0.4) is 0 Å². The van der Waals surface area contributed by atoms with E-state index in [1.54, 1.807) is 0 Å². The summed E-state index contributed by atoms with van der Waals surface area (Å²) < 4.78 is 149. The summed E-state index contributed by atoms with van der Waals surface area (Å²) in [6, 6.07) is 13.9. The number of methoxy groups -OCH3 is 1. The van der Waals surface area contributed by atoms with Crippen LogP contribution in [0.15, 0.2) is 146 Å². The Morgan fingerprint density at radius 2 is 1.25 bits per heavy atom. The molecular weight excluding hydrogens is 1000 g/mol. The third-order valence-electron chi connectivity index (χ3n) is 9.57. The predicted octanol–water partition coefficient (Wildman–Crippen LogP) is -10.9. The van der Waals surface area contributed by atoms with Crippen molar-refractivity contribution in [1.29, 1.82) is 0 Å². The number of nitrogens with zero attached hydrogens (tertiary/aromatic N) is 8. The first kappa shape index (κ1) is 63.6. The summed E-state index contributed by atoms with van der Waals surface area (Å²) in [5.74, 6) is -3.97. The standard InChI is InChI=1S/C38H28N8O17S4.5Li/c1-18-14-28(29(63-2)17-27(18)41-40-26-13-12-24-25(36(26)67(60,61)62)4-3-5-30(24)65(54,55)56)42-43-32-31(66(57,58)59)16-19-15-20(6-11-23(19)35(32)47)39-44-33-34(38(49)50)45-46(37(33)48)21-7-9-22(10-8-21)64(51,52)53;;;;;/h3-17,33,47H,1-2H3,(H,49,50)(H,51,52,53)(H,54,55,56)(H,57,58,59)(H,60,61,62);;;;;/q;5*+1/p-5. The zero-order chi connectivity index (χ0) is 49.0. The van der Waals surface area contributed by atoms with E-state index in [4.69, 9.17) is 4.74 Å². The molecule has 34 heteroatoms. The molecule has 0 aromatic heterocycles. The van der Waals surface area contributed by atoms with Crippen molar-refractivity contribution in [2.45, 2.75) is 32.5 Å². The van der Waals surface area contributed by atoms with Crippen LogP contribution in [0.5, 0.6) is 11.5 Å². The van der Waals surface area contributed by atoms with E-state index in [0.717, 1.165) is 66.7 Å². The quantitative estimate of drug-likeness (QED) is 0.0637. The smallest absolute Gasteiger partial charge is 0.744 e. The molecule has 1 heterocycles. The number of ether oxygens (including phenoxy) is 1. The molecule has 6 aromatic carbocycles.